The summed E-state index contributed by atoms with van der Waals surface area (Å²) < 4.78 is 11.8. The minimum atomic E-state index is -2.01. The van der Waals surface area contributed by atoms with Crippen LogP contribution in [-0.4, -0.2) is 38.5 Å². The maximum atomic E-state index is 11.7. The third-order valence-corrected chi connectivity index (χ3v) is 11.9. The fourth-order valence-corrected chi connectivity index (χ4v) is 5.43. The number of carbonyl (C=O) groups excluding carboxylic acids is 1. The van der Waals surface area contributed by atoms with Gasteiger partial charge in [0.05, 0.1) is 18.8 Å². The summed E-state index contributed by atoms with van der Waals surface area (Å²) in [6, 6.07) is 10.4. The smallest absolute Gasteiger partial charge is 0.337 e. The van der Waals surface area contributed by atoms with Crippen molar-refractivity contribution in [1.29, 1.82) is 0 Å². The number of hydrogen-bond acceptors (Lipinski definition) is 5. The number of nitrogens with one attached hydrogen (secondary N) is 1. The van der Waals surface area contributed by atoms with Gasteiger partial charge in [-0.15, -0.1) is 0 Å². The van der Waals surface area contributed by atoms with Crippen LogP contribution in [-0.2, 0) is 15.6 Å². The highest BCUT2D eigenvalue weighted by Gasteiger charge is 2.42. The average Bonchev–Trinajstić information content (AvgIpc) is 3.21. The predicted octanol–water partition coefficient (Wildman–Crippen LogP) is 6.26. The molecule has 1 aromatic carbocycles. The van der Waals surface area contributed by atoms with Crippen molar-refractivity contribution in [2.24, 2.45) is 0 Å². The van der Waals surface area contributed by atoms with Crippen LogP contribution >= 0.6 is 11.6 Å². The highest BCUT2D eigenvalue weighted by molar-refractivity contribution is 6.74. The molecule has 0 spiro atoms. The number of carbonyl (C=O) groups is 1. The number of benzene rings is 1. The molecule has 0 aliphatic carbocycles. The fraction of sp³-hybridized carbons (Fsp3) is 0.538. The Morgan fingerprint density at radius 2 is 1.91 bits per heavy atom. The zero-order valence-corrected chi connectivity index (χ0v) is 22.6. The Morgan fingerprint density at radius 1 is 1.24 bits per heavy atom. The highest BCUT2D eigenvalue weighted by Crippen LogP contribution is 2.42. The van der Waals surface area contributed by atoms with E-state index in [2.05, 4.69) is 50.2 Å². The third-order valence-electron chi connectivity index (χ3n) is 7.09. The monoisotopic (exact) mass is 488 g/mol. The lowest BCUT2D eigenvalue weighted by molar-refractivity contribution is 0.0600. The summed E-state index contributed by atoms with van der Waals surface area (Å²) >= 11 is 6.22. The van der Waals surface area contributed by atoms with E-state index in [4.69, 9.17) is 20.8 Å². The molecule has 0 bridgehead atoms. The molecule has 180 valence electrons. The molecule has 5 nitrogen and oxygen atoms in total. The summed E-state index contributed by atoms with van der Waals surface area (Å²) in [5.74, 6) is -0.307. The zero-order valence-electron chi connectivity index (χ0n) is 20.9. The van der Waals surface area contributed by atoms with Gasteiger partial charge in [-0.25, -0.2) is 9.78 Å². The first kappa shape index (κ1) is 25.9. The number of nitrogens with zero attached hydrogens (tertiary/aromatic N) is 1. The van der Waals surface area contributed by atoms with Gasteiger partial charge < -0.3 is 14.5 Å². The third kappa shape index (κ3) is 6.24. The first-order valence-electron chi connectivity index (χ1n) is 11.6. The van der Waals surface area contributed by atoms with Crippen molar-refractivity contribution in [2.75, 3.05) is 7.11 Å². The highest BCUT2D eigenvalue weighted by atomic mass is 35.5. The number of aromatic nitrogens is 1. The molecule has 1 fully saturated rings. The summed E-state index contributed by atoms with van der Waals surface area (Å²) in [4.78, 5) is 16.1. The molecule has 1 aliphatic heterocycles. The van der Waals surface area contributed by atoms with Crippen LogP contribution in [0.2, 0.25) is 23.3 Å². The van der Waals surface area contributed by atoms with Crippen LogP contribution in [0.3, 0.4) is 0 Å². The first-order valence-corrected chi connectivity index (χ1v) is 14.9. The summed E-state index contributed by atoms with van der Waals surface area (Å²) in [6.07, 6.45) is 4.81. The van der Waals surface area contributed by atoms with Gasteiger partial charge in [0, 0.05) is 18.3 Å². The second-order valence-corrected chi connectivity index (χ2v) is 15.7. The van der Waals surface area contributed by atoms with E-state index in [9.17, 15) is 4.79 Å². The van der Waals surface area contributed by atoms with Gasteiger partial charge in [-0.3, -0.25) is 0 Å². The van der Waals surface area contributed by atoms with Gasteiger partial charge in [-0.1, -0.05) is 44.5 Å². The molecule has 0 amide bonds. The number of hydrogen-bond donors (Lipinski definition) is 1. The second-order valence-electron chi connectivity index (χ2n) is 10.6. The van der Waals surface area contributed by atoms with E-state index in [1.165, 1.54) is 12.7 Å². The Kier molecular flexibility index (Phi) is 8.05. The molecular weight excluding hydrogens is 452 g/mol. The predicted molar refractivity (Wildman–Crippen MR) is 136 cm³/mol. The van der Waals surface area contributed by atoms with Crippen molar-refractivity contribution >= 4 is 25.9 Å². The van der Waals surface area contributed by atoms with Crippen molar-refractivity contribution in [3.8, 4) is 0 Å². The van der Waals surface area contributed by atoms with Crippen molar-refractivity contribution < 1.29 is 14.0 Å². The van der Waals surface area contributed by atoms with Gasteiger partial charge >= 0.3 is 5.97 Å². The van der Waals surface area contributed by atoms with Crippen LogP contribution < -0.4 is 5.32 Å². The maximum absolute atomic E-state index is 11.7. The molecule has 1 aliphatic rings. The molecule has 33 heavy (non-hydrogen) atoms. The Hall–Kier alpha value is -1.73. The van der Waals surface area contributed by atoms with E-state index >= 15 is 0 Å². The molecule has 0 saturated carbocycles. The maximum Gasteiger partial charge on any atom is 0.337 e. The van der Waals surface area contributed by atoms with Gasteiger partial charge in [0.25, 0.3) is 0 Å². The van der Waals surface area contributed by atoms with Gasteiger partial charge in [-0.05, 0) is 79.2 Å². The number of halogens is 1. The Balaban J connectivity index is 1.77. The van der Waals surface area contributed by atoms with Crippen LogP contribution in [0, 0.1) is 6.92 Å². The minimum absolute atomic E-state index is 0.0685. The first-order chi connectivity index (χ1) is 15.4. The minimum Gasteiger partial charge on any atom is -0.465 e. The Labute approximate surface area is 204 Å². The summed E-state index contributed by atoms with van der Waals surface area (Å²) in [6.45, 7) is 13.4. The molecule has 0 radical (unpaired) electrons. The molecule has 1 unspecified atom stereocenters. The Morgan fingerprint density at radius 3 is 2.48 bits per heavy atom. The molecule has 1 N–H and O–H groups in total. The number of pyridine rings is 1. The van der Waals surface area contributed by atoms with Gasteiger partial charge in [0.15, 0.2) is 8.32 Å². The number of methoxy groups -OCH3 is 1. The van der Waals surface area contributed by atoms with Crippen LogP contribution in [0.5, 0.6) is 0 Å². The normalized spacial score (nSPS) is 20.0. The topological polar surface area (TPSA) is 60.5 Å². The van der Waals surface area contributed by atoms with E-state index in [1.807, 2.05) is 37.4 Å². The molecule has 3 rings (SSSR count). The molecule has 2 aromatic rings. The van der Waals surface area contributed by atoms with Crippen molar-refractivity contribution in [2.45, 2.75) is 83.3 Å². The standard InChI is InChI=1S/C26H37ClN2O3Si/c1-17-14-20(16-28-24(17)27)23(32-33(6,7)26(2,3)4)22-13-12-21(29-22)15-18-8-10-19(11-9-18)25(30)31-5/h8-11,14,16,21-23,29H,12-13,15H2,1-7H3/t21-,22+,23?/m0/s1. The van der Waals surface area contributed by atoms with Crippen LogP contribution in [0.4, 0.5) is 0 Å². The van der Waals surface area contributed by atoms with Gasteiger partial charge in [-0.2, -0.15) is 0 Å². The van der Waals surface area contributed by atoms with Crippen LogP contribution in [0.15, 0.2) is 36.5 Å². The van der Waals surface area contributed by atoms with Crippen LogP contribution in [0.1, 0.15) is 66.8 Å². The van der Waals surface area contributed by atoms with Gasteiger partial charge in [0.2, 0.25) is 0 Å². The molecule has 2 heterocycles. The average molecular weight is 489 g/mol. The quantitative estimate of drug-likeness (QED) is 0.283. The van der Waals surface area contributed by atoms with Gasteiger partial charge in [0.1, 0.15) is 5.15 Å². The number of esters is 1. The molecule has 1 saturated heterocycles. The number of aryl methyl sites for hydroxylation is 1. The Bertz CT molecular complexity index is 972. The number of rotatable bonds is 7. The summed E-state index contributed by atoms with van der Waals surface area (Å²) in [5.41, 5.74) is 3.83. The molecule has 7 heteroatoms. The second kappa shape index (κ2) is 10.3. The van der Waals surface area contributed by atoms with E-state index in [0.29, 0.717) is 16.8 Å². The molecule has 3 atom stereocenters. The largest absolute Gasteiger partial charge is 0.465 e. The number of ether oxygens (including phenoxy) is 1. The van der Waals surface area contributed by atoms with Crippen molar-refractivity contribution in [3.63, 3.8) is 0 Å². The van der Waals surface area contributed by atoms with E-state index in [0.717, 1.165) is 30.4 Å². The SMILES string of the molecule is COC(=O)c1ccc(C[C@@H]2CC[C@H](C(O[Si](C)(C)C(C)(C)C)c3cnc(Cl)c(C)c3)N2)cc1. The lowest BCUT2D eigenvalue weighted by Crippen LogP contribution is -2.46. The summed E-state index contributed by atoms with van der Waals surface area (Å²) in [5, 5.41) is 4.49. The molecular formula is C26H37ClN2O3Si. The molecule has 1 aromatic heterocycles. The van der Waals surface area contributed by atoms with Crippen LogP contribution in [0.25, 0.3) is 0 Å². The van der Waals surface area contributed by atoms with Crippen molar-refractivity contribution in [3.05, 3.63) is 63.9 Å². The van der Waals surface area contributed by atoms with Crippen molar-refractivity contribution in [1.82, 2.24) is 10.3 Å². The fourth-order valence-electron chi connectivity index (χ4n) is 4.04. The summed E-state index contributed by atoms with van der Waals surface area (Å²) in [7, 11) is -0.609. The lowest BCUT2D eigenvalue weighted by atomic mass is 10.0. The lowest BCUT2D eigenvalue weighted by Gasteiger charge is -2.41. The van der Waals surface area contributed by atoms with E-state index in [-0.39, 0.29) is 23.2 Å². The van der Waals surface area contributed by atoms with E-state index in [1.54, 1.807) is 0 Å². The van der Waals surface area contributed by atoms with E-state index < -0.39 is 8.32 Å². The zero-order chi connectivity index (χ0) is 24.4.